The number of amides is 1. The fourth-order valence-electron chi connectivity index (χ4n) is 2.33. The van der Waals surface area contributed by atoms with E-state index in [1.54, 1.807) is 18.2 Å². The van der Waals surface area contributed by atoms with Crippen molar-refractivity contribution in [3.05, 3.63) is 28.2 Å². The van der Waals surface area contributed by atoms with E-state index in [0.29, 0.717) is 15.7 Å². The number of thioether (sulfide) groups is 1. The molecule has 2 heterocycles. The van der Waals surface area contributed by atoms with Gasteiger partial charge in [-0.3, -0.25) is 4.79 Å². The molecule has 1 aliphatic rings. The summed E-state index contributed by atoms with van der Waals surface area (Å²) in [7, 11) is 0. The summed E-state index contributed by atoms with van der Waals surface area (Å²) >= 11 is 15.0. The predicted octanol–water partition coefficient (Wildman–Crippen LogP) is 4.56. The summed E-state index contributed by atoms with van der Waals surface area (Å²) in [6.45, 7) is 3.89. The maximum atomic E-state index is 12.4. The Morgan fingerprint density at radius 1 is 1.33 bits per heavy atom. The lowest BCUT2D eigenvalue weighted by molar-refractivity contribution is -0.115. The molecule has 9 heteroatoms. The molecule has 1 saturated heterocycles. The Bertz CT molecular complexity index is 734. The van der Waals surface area contributed by atoms with Crippen LogP contribution in [0.2, 0.25) is 10.0 Å². The Labute approximate surface area is 158 Å². The normalized spacial score (nSPS) is 15.5. The third-order valence-electron chi connectivity index (χ3n) is 3.63. The number of halogens is 2. The minimum absolute atomic E-state index is 0.151. The molecule has 1 fully saturated rings. The van der Waals surface area contributed by atoms with Crippen LogP contribution in [0, 0.1) is 0 Å². The third-order valence-corrected chi connectivity index (χ3v) is 6.62. The topological polar surface area (TPSA) is 58.1 Å². The summed E-state index contributed by atoms with van der Waals surface area (Å²) < 4.78 is 0.789. The Morgan fingerprint density at radius 3 is 2.83 bits per heavy atom. The lowest BCUT2D eigenvalue weighted by atomic mass is 10.3. The average Bonchev–Trinajstić information content (AvgIpc) is 3.22. The quantitative estimate of drug-likeness (QED) is 0.742. The van der Waals surface area contributed by atoms with Gasteiger partial charge in [-0.05, 0) is 31.9 Å². The molecule has 0 spiro atoms. The van der Waals surface area contributed by atoms with Gasteiger partial charge in [-0.25, -0.2) is 0 Å². The monoisotopic (exact) mass is 402 g/mol. The minimum Gasteiger partial charge on any atom is -0.347 e. The fraction of sp³-hybridized carbons (Fsp3) is 0.400. The largest absolute Gasteiger partial charge is 0.347 e. The number of benzene rings is 1. The zero-order valence-corrected chi connectivity index (χ0v) is 16.1. The standard InChI is InChI=1S/C15H16Cl2N4OS2/c1-9(13(22)18-11-6-4-5-10(16)12(11)17)23-15-20-19-14(24-15)21-7-2-3-8-21/h4-6,9H,2-3,7-8H2,1H3,(H,18,22). The molecular formula is C15H16Cl2N4OS2. The number of aromatic nitrogens is 2. The van der Waals surface area contributed by atoms with Crippen LogP contribution in [0.3, 0.4) is 0 Å². The van der Waals surface area contributed by atoms with E-state index >= 15 is 0 Å². The van der Waals surface area contributed by atoms with Gasteiger partial charge in [-0.1, -0.05) is 52.4 Å². The summed E-state index contributed by atoms with van der Waals surface area (Å²) in [5.74, 6) is -0.151. The number of anilines is 2. The van der Waals surface area contributed by atoms with Gasteiger partial charge in [0.1, 0.15) is 0 Å². The molecule has 24 heavy (non-hydrogen) atoms. The zero-order valence-electron chi connectivity index (χ0n) is 13.0. The number of carbonyl (C=O) groups is 1. The van der Waals surface area contributed by atoms with E-state index in [-0.39, 0.29) is 11.2 Å². The van der Waals surface area contributed by atoms with Crippen LogP contribution in [0.5, 0.6) is 0 Å². The Balaban J connectivity index is 1.61. The maximum Gasteiger partial charge on any atom is 0.237 e. The van der Waals surface area contributed by atoms with E-state index < -0.39 is 0 Å². The van der Waals surface area contributed by atoms with Crippen LogP contribution in [0.25, 0.3) is 0 Å². The number of hydrogen-bond acceptors (Lipinski definition) is 6. The number of carbonyl (C=O) groups excluding carboxylic acids is 1. The van der Waals surface area contributed by atoms with Gasteiger partial charge in [0.15, 0.2) is 4.34 Å². The summed E-state index contributed by atoms with van der Waals surface area (Å²) in [6, 6.07) is 5.15. The SMILES string of the molecule is CC(Sc1nnc(N2CCCC2)s1)C(=O)Nc1cccc(Cl)c1Cl. The van der Waals surface area contributed by atoms with E-state index in [1.165, 1.54) is 35.9 Å². The second kappa shape index (κ2) is 7.91. The summed E-state index contributed by atoms with van der Waals surface area (Å²) in [4.78, 5) is 14.6. The van der Waals surface area contributed by atoms with E-state index in [2.05, 4.69) is 20.4 Å². The van der Waals surface area contributed by atoms with Crippen molar-refractivity contribution in [3.8, 4) is 0 Å². The molecule has 1 atom stereocenters. The molecule has 0 aliphatic carbocycles. The Hall–Kier alpha value is -1.02. The summed E-state index contributed by atoms with van der Waals surface area (Å²) in [6.07, 6.45) is 2.39. The molecule has 0 radical (unpaired) electrons. The molecular weight excluding hydrogens is 387 g/mol. The second-order valence-corrected chi connectivity index (χ2v) is 8.72. The molecule has 2 aromatic rings. The van der Waals surface area contributed by atoms with Gasteiger partial charge in [-0.2, -0.15) is 0 Å². The van der Waals surface area contributed by atoms with Crippen LogP contribution in [0.4, 0.5) is 10.8 Å². The first-order chi connectivity index (χ1) is 11.5. The molecule has 5 nitrogen and oxygen atoms in total. The van der Waals surface area contributed by atoms with Gasteiger partial charge >= 0.3 is 0 Å². The van der Waals surface area contributed by atoms with Crippen LogP contribution in [-0.4, -0.2) is 34.4 Å². The number of rotatable bonds is 5. The van der Waals surface area contributed by atoms with Crippen LogP contribution in [0.1, 0.15) is 19.8 Å². The van der Waals surface area contributed by atoms with Gasteiger partial charge in [-0.15, -0.1) is 10.2 Å². The highest BCUT2D eigenvalue weighted by atomic mass is 35.5. The van der Waals surface area contributed by atoms with Crippen molar-refractivity contribution in [2.45, 2.75) is 29.4 Å². The number of hydrogen-bond donors (Lipinski definition) is 1. The Kier molecular flexibility index (Phi) is 5.86. The highest BCUT2D eigenvalue weighted by Gasteiger charge is 2.21. The van der Waals surface area contributed by atoms with Gasteiger partial charge < -0.3 is 10.2 Å². The highest BCUT2D eigenvalue weighted by molar-refractivity contribution is 8.02. The Morgan fingerprint density at radius 2 is 2.08 bits per heavy atom. The average molecular weight is 403 g/mol. The summed E-state index contributed by atoms with van der Waals surface area (Å²) in [5.41, 5.74) is 0.511. The lowest BCUT2D eigenvalue weighted by Gasteiger charge is -2.12. The zero-order chi connectivity index (χ0) is 17.1. The van der Waals surface area contributed by atoms with Gasteiger partial charge in [0.05, 0.1) is 21.0 Å². The van der Waals surface area contributed by atoms with Gasteiger partial charge in [0.25, 0.3) is 0 Å². The van der Waals surface area contributed by atoms with E-state index in [9.17, 15) is 4.79 Å². The van der Waals surface area contributed by atoms with Crippen molar-refractivity contribution < 1.29 is 4.79 Å². The molecule has 1 aromatic carbocycles. The lowest BCUT2D eigenvalue weighted by Crippen LogP contribution is -2.22. The van der Waals surface area contributed by atoms with Crippen molar-refractivity contribution in [2.24, 2.45) is 0 Å². The minimum atomic E-state index is -0.320. The van der Waals surface area contributed by atoms with Crippen molar-refractivity contribution >= 4 is 63.0 Å². The molecule has 1 aromatic heterocycles. The smallest absolute Gasteiger partial charge is 0.237 e. The fourth-order valence-corrected chi connectivity index (χ4v) is 4.71. The molecule has 1 unspecified atom stereocenters. The third kappa shape index (κ3) is 4.14. The van der Waals surface area contributed by atoms with Crippen molar-refractivity contribution in [2.75, 3.05) is 23.3 Å². The van der Waals surface area contributed by atoms with Crippen molar-refractivity contribution in [3.63, 3.8) is 0 Å². The first-order valence-corrected chi connectivity index (χ1v) is 10.00. The molecule has 0 bridgehead atoms. The van der Waals surface area contributed by atoms with E-state index in [0.717, 1.165) is 22.6 Å². The maximum absolute atomic E-state index is 12.4. The molecule has 1 aliphatic heterocycles. The highest BCUT2D eigenvalue weighted by Crippen LogP contribution is 2.33. The van der Waals surface area contributed by atoms with E-state index in [1.807, 2.05) is 6.92 Å². The number of nitrogens with one attached hydrogen (secondary N) is 1. The molecule has 1 N–H and O–H groups in total. The van der Waals surface area contributed by atoms with Crippen LogP contribution in [-0.2, 0) is 4.79 Å². The number of nitrogens with zero attached hydrogens (tertiary/aromatic N) is 3. The molecule has 3 rings (SSSR count). The predicted molar refractivity (Wildman–Crippen MR) is 102 cm³/mol. The van der Waals surface area contributed by atoms with Crippen LogP contribution >= 0.6 is 46.3 Å². The molecule has 0 saturated carbocycles. The van der Waals surface area contributed by atoms with Crippen molar-refractivity contribution in [1.82, 2.24) is 10.2 Å². The summed E-state index contributed by atoms with van der Waals surface area (Å²) in [5, 5.41) is 12.6. The van der Waals surface area contributed by atoms with Crippen LogP contribution < -0.4 is 10.2 Å². The van der Waals surface area contributed by atoms with E-state index in [4.69, 9.17) is 23.2 Å². The molecule has 1 amide bonds. The first-order valence-electron chi connectivity index (χ1n) is 7.54. The van der Waals surface area contributed by atoms with Gasteiger partial charge in [0, 0.05) is 13.1 Å². The second-order valence-electron chi connectivity index (χ2n) is 5.40. The first kappa shape index (κ1) is 17.8. The van der Waals surface area contributed by atoms with Crippen LogP contribution in [0.15, 0.2) is 22.5 Å². The van der Waals surface area contributed by atoms with Gasteiger partial charge in [0.2, 0.25) is 11.0 Å². The van der Waals surface area contributed by atoms with Crippen molar-refractivity contribution in [1.29, 1.82) is 0 Å². The molecule has 128 valence electrons.